The van der Waals surface area contributed by atoms with Gasteiger partial charge in [-0.2, -0.15) is 0 Å². The van der Waals surface area contributed by atoms with E-state index < -0.39 is 11.8 Å². The maximum Gasteiger partial charge on any atom is 0.129 e. The first-order valence-corrected chi connectivity index (χ1v) is 15.7. The third kappa shape index (κ3) is 6.82. The predicted octanol–water partition coefficient (Wildman–Crippen LogP) is 11.3. The Morgan fingerprint density at radius 2 is 1.62 bits per heavy atom. The van der Waals surface area contributed by atoms with E-state index in [1.54, 1.807) is 23.6 Å². The summed E-state index contributed by atoms with van der Waals surface area (Å²) in [5.41, 5.74) is 10.2. The average Bonchev–Trinajstić information content (AvgIpc) is 3.55. The van der Waals surface area contributed by atoms with Gasteiger partial charge in [-0.25, -0.2) is 0 Å². The van der Waals surface area contributed by atoms with E-state index in [1.165, 1.54) is 37.2 Å². The Morgan fingerprint density at radius 1 is 0.844 bits per heavy atom. The molecule has 0 N–H and O–H groups in total. The van der Waals surface area contributed by atoms with Crippen LogP contribution in [0.25, 0.3) is 54.5 Å². The SMILES string of the molecule is Cc1c[c-]c(-c2cc(C)c(C)cn2)cc1.[2H]C([2H])(c1ccnc(-c2[c-]ccc3c2oc2c3ccc3sc(C)c(C)c32)c1)C(C)(C)C.[Ir]. The Bertz CT molecular complexity index is 2230. The number of hydrogen-bond acceptors (Lipinski definition) is 4. The van der Waals surface area contributed by atoms with Crippen LogP contribution in [0.5, 0.6) is 0 Å². The molecule has 0 atom stereocenters. The van der Waals surface area contributed by atoms with Crippen molar-refractivity contribution in [1.29, 1.82) is 0 Å². The molecular formula is C40H38IrN2OS-2. The Hall–Kier alpha value is -3.63. The zero-order valence-corrected chi connectivity index (χ0v) is 30.2. The first kappa shape index (κ1) is 30.0. The smallest absolute Gasteiger partial charge is 0.129 e. The van der Waals surface area contributed by atoms with Crippen LogP contribution in [-0.2, 0) is 26.5 Å². The van der Waals surface area contributed by atoms with Crippen LogP contribution < -0.4 is 0 Å². The van der Waals surface area contributed by atoms with Gasteiger partial charge in [-0.1, -0.05) is 68.0 Å². The van der Waals surface area contributed by atoms with Crippen molar-refractivity contribution in [2.24, 2.45) is 5.41 Å². The Balaban J connectivity index is 0.000000228. The van der Waals surface area contributed by atoms with E-state index >= 15 is 0 Å². The van der Waals surface area contributed by atoms with E-state index in [9.17, 15) is 0 Å². The summed E-state index contributed by atoms with van der Waals surface area (Å²) in [5.74, 6) is 0. The summed E-state index contributed by atoms with van der Waals surface area (Å²) in [6.45, 7) is 16.3. The van der Waals surface area contributed by atoms with Crippen LogP contribution in [0.15, 0.2) is 77.5 Å². The summed E-state index contributed by atoms with van der Waals surface area (Å²) in [6, 6.07) is 26.6. The second-order valence-electron chi connectivity index (χ2n) is 12.5. The van der Waals surface area contributed by atoms with Crippen LogP contribution in [0.3, 0.4) is 0 Å². The number of pyridine rings is 2. The van der Waals surface area contributed by atoms with Crippen LogP contribution in [0.1, 0.15) is 56.2 Å². The Labute approximate surface area is 286 Å². The number of benzene rings is 3. The molecule has 7 rings (SSSR count). The van der Waals surface area contributed by atoms with Crippen molar-refractivity contribution >= 4 is 43.4 Å². The summed E-state index contributed by atoms with van der Waals surface area (Å²) in [5, 5.41) is 3.28. The molecule has 0 bridgehead atoms. The number of aromatic nitrogens is 2. The molecule has 1 radical (unpaired) electrons. The fraction of sp³-hybridized carbons (Fsp3) is 0.250. The fourth-order valence-electron chi connectivity index (χ4n) is 5.35. The number of aryl methyl sites for hydroxylation is 5. The molecule has 5 heteroatoms. The molecule has 0 saturated heterocycles. The normalized spacial score (nSPS) is 12.4. The first-order chi connectivity index (χ1) is 21.8. The quantitative estimate of drug-likeness (QED) is 0.167. The molecule has 0 fully saturated rings. The minimum absolute atomic E-state index is 0. The number of furan rings is 1. The van der Waals surface area contributed by atoms with Crippen molar-refractivity contribution in [2.45, 2.75) is 61.8 Å². The summed E-state index contributed by atoms with van der Waals surface area (Å²) in [4.78, 5) is 10.3. The number of thiophene rings is 1. The molecule has 0 spiro atoms. The molecule has 0 saturated carbocycles. The maximum atomic E-state index is 8.65. The third-order valence-electron chi connectivity index (χ3n) is 7.88. The maximum absolute atomic E-state index is 8.65. The van der Waals surface area contributed by atoms with Crippen LogP contribution in [0.4, 0.5) is 0 Å². The molecule has 4 heterocycles. The summed E-state index contributed by atoms with van der Waals surface area (Å²) >= 11 is 1.79. The largest absolute Gasteiger partial charge is 0.500 e. The second kappa shape index (κ2) is 13.0. The van der Waals surface area contributed by atoms with E-state index in [-0.39, 0.29) is 20.1 Å². The van der Waals surface area contributed by atoms with Crippen LogP contribution in [0, 0.1) is 52.2 Å². The summed E-state index contributed by atoms with van der Waals surface area (Å²) < 4.78 is 25.0. The van der Waals surface area contributed by atoms with Gasteiger partial charge >= 0.3 is 0 Å². The van der Waals surface area contributed by atoms with E-state index in [2.05, 4.69) is 87.1 Å². The molecule has 45 heavy (non-hydrogen) atoms. The summed E-state index contributed by atoms with van der Waals surface area (Å²) in [7, 11) is 0. The molecular weight excluding hydrogens is 749 g/mol. The van der Waals surface area contributed by atoms with E-state index in [4.69, 9.17) is 7.16 Å². The van der Waals surface area contributed by atoms with Crippen LogP contribution in [0.2, 0.25) is 0 Å². The van der Waals surface area contributed by atoms with Gasteiger partial charge in [0.15, 0.2) is 0 Å². The van der Waals surface area contributed by atoms with Gasteiger partial charge in [0.2, 0.25) is 0 Å². The third-order valence-corrected chi connectivity index (χ3v) is 9.05. The average molecular weight is 789 g/mol. The number of rotatable bonds is 3. The van der Waals surface area contributed by atoms with Gasteiger partial charge in [-0.05, 0) is 74.1 Å². The molecule has 231 valence electrons. The van der Waals surface area contributed by atoms with Crippen molar-refractivity contribution in [3.8, 4) is 22.5 Å². The van der Waals surface area contributed by atoms with E-state index in [0.717, 1.165) is 38.8 Å². The topological polar surface area (TPSA) is 38.9 Å². The molecule has 0 aliphatic rings. The fourth-order valence-corrected chi connectivity index (χ4v) is 6.42. The van der Waals surface area contributed by atoms with Gasteiger partial charge in [0.1, 0.15) is 5.58 Å². The molecule has 7 aromatic rings. The monoisotopic (exact) mass is 789 g/mol. The van der Waals surface area contributed by atoms with Crippen molar-refractivity contribution in [3.05, 3.63) is 118 Å². The Kier molecular flexibility index (Phi) is 8.68. The first-order valence-electron chi connectivity index (χ1n) is 15.9. The minimum atomic E-state index is -1.50. The molecule has 3 aromatic carbocycles. The van der Waals surface area contributed by atoms with Crippen molar-refractivity contribution in [1.82, 2.24) is 9.97 Å². The zero-order chi connectivity index (χ0) is 33.0. The number of nitrogens with zero attached hydrogens (tertiary/aromatic N) is 2. The van der Waals surface area contributed by atoms with Crippen molar-refractivity contribution < 1.29 is 27.3 Å². The second-order valence-corrected chi connectivity index (χ2v) is 13.8. The molecule has 0 amide bonds. The summed E-state index contributed by atoms with van der Waals surface area (Å²) in [6.07, 6.45) is 2.09. The molecule has 4 aromatic heterocycles. The number of hydrogen-bond donors (Lipinski definition) is 0. The molecule has 0 aliphatic carbocycles. The molecule has 3 nitrogen and oxygen atoms in total. The van der Waals surface area contributed by atoms with E-state index in [0.29, 0.717) is 11.3 Å². The van der Waals surface area contributed by atoms with Gasteiger partial charge < -0.3 is 14.4 Å². The van der Waals surface area contributed by atoms with Crippen LogP contribution in [-0.4, -0.2) is 9.97 Å². The predicted molar refractivity (Wildman–Crippen MR) is 187 cm³/mol. The standard InChI is InChI=1S/C26H24NOS.C14H14N.Ir/c1-15-16(2)29-22-10-9-19-18-7-6-8-20(24(18)28-25(19)23(15)22)21-13-17(11-12-27-21)14-26(3,4)5;1-10-4-6-13(7-5-10)14-8-11(2)12(3)9-15-14;/h6-7,9-13H,14H2,1-5H3;4-6,8-9H,1-3H3;/q2*-1;/i14D2;;. The molecule has 0 aliphatic heterocycles. The van der Waals surface area contributed by atoms with Gasteiger partial charge in [-0.15, -0.1) is 64.9 Å². The number of fused-ring (bicyclic) bond motifs is 5. The zero-order valence-electron chi connectivity index (χ0n) is 29.0. The van der Waals surface area contributed by atoms with Crippen molar-refractivity contribution in [3.63, 3.8) is 0 Å². The molecule has 0 unspecified atom stereocenters. The van der Waals surface area contributed by atoms with Crippen molar-refractivity contribution in [2.75, 3.05) is 0 Å². The van der Waals surface area contributed by atoms with E-state index in [1.807, 2.05) is 51.2 Å². The minimum Gasteiger partial charge on any atom is -0.500 e. The van der Waals surface area contributed by atoms with Gasteiger partial charge in [0.25, 0.3) is 0 Å². The Morgan fingerprint density at radius 3 is 2.33 bits per heavy atom. The van der Waals surface area contributed by atoms with Gasteiger partial charge in [-0.3, -0.25) is 0 Å². The van der Waals surface area contributed by atoms with Gasteiger partial charge in [0.05, 0.1) is 5.58 Å². The van der Waals surface area contributed by atoms with Crippen LogP contribution >= 0.6 is 11.3 Å². The van der Waals surface area contributed by atoms with Gasteiger partial charge in [0, 0.05) is 55.6 Å².